The molecule has 0 bridgehead atoms. The minimum absolute atomic E-state index is 0.0571. The molecule has 2 saturated heterocycles. The third kappa shape index (κ3) is 5.16. The van der Waals surface area contributed by atoms with Gasteiger partial charge in [-0.2, -0.15) is 0 Å². The van der Waals surface area contributed by atoms with Crippen LogP contribution in [0.5, 0.6) is 5.75 Å². The van der Waals surface area contributed by atoms with Gasteiger partial charge in [0.05, 0.1) is 5.69 Å². The molecule has 164 valence electrons. The van der Waals surface area contributed by atoms with Gasteiger partial charge in [0.2, 0.25) is 5.91 Å². The average molecular weight is 426 g/mol. The first-order valence-corrected chi connectivity index (χ1v) is 10.8. The van der Waals surface area contributed by atoms with Crippen LogP contribution in [0.15, 0.2) is 42.5 Å². The predicted molar refractivity (Wildman–Crippen MR) is 118 cm³/mol. The van der Waals surface area contributed by atoms with Gasteiger partial charge in [-0.15, -0.1) is 0 Å². The summed E-state index contributed by atoms with van der Waals surface area (Å²) < 4.78 is 19.9. The Morgan fingerprint density at radius 1 is 1.19 bits per heavy atom. The highest BCUT2D eigenvalue weighted by molar-refractivity contribution is 5.95. The highest BCUT2D eigenvalue weighted by Gasteiger charge is 2.24. The van der Waals surface area contributed by atoms with E-state index < -0.39 is 0 Å². The van der Waals surface area contributed by atoms with Crippen LogP contribution in [0, 0.1) is 12.7 Å². The normalized spacial score (nSPS) is 18.9. The van der Waals surface area contributed by atoms with E-state index in [1.54, 1.807) is 23.1 Å². The molecule has 31 heavy (non-hydrogen) atoms. The lowest BCUT2D eigenvalue weighted by Crippen LogP contribution is -2.49. The summed E-state index contributed by atoms with van der Waals surface area (Å²) in [5.41, 5.74) is 2.39. The topological polar surface area (TPSA) is 61.9 Å². The van der Waals surface area contributed by atoms with Gasteiger partial charge >= 0.3 is 0 Å². The average Bonchev–Trinajstić information content (AvgIpc) is 3.20. The van der Waals surface area contributed by atoms with Crippen molar-refractivity contribution in [2.75, 3.05) is 36.0 Å². The maximum absolute atomic E-state index is 14.2. The number of amides is 2. The van der Waals surface area contributed by atoms with Gasteiger partial charge < -0.3 is 19.9 Å². The van der Waals surface area contributed by atoms with E-state index in [4.69, 9.17) is 4.74 Å². The number of aryl methyl sites for hydroxylation is 1. The van der Waals surface area contributed by atoms with Crippen LogP contribution < -0.4 is 19.9 Å². The zero-order valence-electron chi connectivity index (χ0n) is 17.8. The Bertz CT molecular complexity index is 965. The van der Waals surface area contributed by atoms with E-state index in [2.05, 4.69) is 5.32 Å². The molecule has 2 aliphatic rings. The van der Waals surface area contributed by atoms with Crippen LogP contribution in [0.2, 0.25) is 0 Å². The highest BCUT2D eigenvalue weighted by Crippen LogP contribution is 2.26. The van der Waals surface area contributed by atoms with Crippen molar-refractivity contribution in [3.8, 4) is 5.75 Å². The summed E-state index contributed by atoms with van der Waals surface area (Å²) in [6.45, 7) is 3.89. The lowest BCUT2D eigenvalue weighted by Gasteiger charge is -2.35. The number of ether oxygens (including phenoxy) is 1. The molecule has 2 aromatic rings. The minimum atomic E-state index is -0.239. The van der Waals surface area contributed by atoms with Crippen molar-refractivity contribution in [1.29, 1.82) is 0 Å². The Hall–Kier alpha value is -3.09. The molecule has 0 aromatic heterocycles. The number of hydrogen-bond acceptors (Lipinski definition) is 4. The van der Waals surface area contributed by atoms with Crippen LogP contribution in [0.25, 0.3) is 0 Å². The monoisotopic (exact) mass is 425 g/mol. The summed E-state index contributed by atoms with van der Waals surface area (Å²) >= 11 is 0. The quantitative estimate of drug-likeness (QED) is 0.770. The van der Waals surface area contributed by atoms with E-state index in [9.17, 15) is 14.0 Å². The fraction of sp³-hybridized carbons (Fsp3) is 0.417. The molecule has 0 aliphatic carbocycles. The fourth-order valence-electron chi connectivity index (χ4n) is 4.26. The third-order valence-corrected chi connectivity index (χ3v) is 5.80. The van der Waals surface area contributed by atoms with E-state index in [0.717, 1.165) is 37.1 Å². The van der Waals surface area contributed by atoms with Gasteiger partial charge in [-0.05, 0) is 56.0 Å². The van der Waals surface area contributed by atoms with E-state index in [1.807, 2.05) is 30.0 Å². The number of anilines is 2. The van der Waals surface area contributed by atoms with E-state index in [0.29, 0.717) is 30.9 Å². The number of carbonyl (C=O) groups excluding carboxylic acids is 2. The second-order valence-electron chi connectivity index (χ2n) is 8.24. The van der Waals surface area contributed by atoms with Crippen LogP contribution in [0.1, 0.15) is 31.2 Å². The smallest absolute Gasteiger partial charge is 0.258 e. The van der Waals surface area contributed by atoms with Gasteiger partial charge in [0.25, 0.3) is 5.91 Å². The number of nitrogens with zero attached hydrogens (tertiary/aromatic N) is 2. The standard InChI is InChI=1S/C24H28FN3O3/c1-17-9-10-21(25)22(13-17)27-11-3-5-18(15-27)26-23(29)16-31-20-7-2-6-19(14-20)28-12-4-8-24(28)30/h2,6-7,9-10,13-14,18H,3-5,8,11-12,15-16H2,1H3,(H,26,29). The lowest BCUT2D eigenvalue weighted by molar-refractivity contribution is -0.124. The molecule has 0 radical (unpaired) electrons. The van der Waals surface area contributed by atoms with Gasteiger partial charge in [-0.25, -0.2) is 4.39 Å². The van der Waals surface area contributed by atoms with Crippen molar-refractivity contribution in [2.45, 2.75) is 38.6 Å². The number of benzene rings is 2. The highest BCUT2D eigenvalue weighted by atomic mass is 19.1. The maximum Gasteiger partial charge on any atom is 0.258 e. The Morgan fingerprint density at radius 3 is 2.87 bits per heavy atom. The summed E-state index contributed by atoms with van der Waals surface area (Å²) in [5, 5.41) is 3.01. The van der Waals surface area contributed by atoms with E-state index >= 15 is 0 Å². The number of nitrogens with one attached hydrogen (secondary N) is 1. The van der Waals surface area contributed by atoms with Crippen LogP contribution in [-0.2, 0) is 9.59 Å². The zero-order chi connectivity index (χ0) is 21.8. The molecule has 0 spiro atoms. The minimum Gasteiger partial charge on any atom is -0.484 e. The molecule has 4 rings (SSSR count). The van der Waals surface area contributed by atoms with E-state index in [-0.39, 0.29) is 30.3 Å². The fourth-order valence-corrected chi connectivity index (χ4v) is 4.26. The third-order valence-electron chi connectivity index (χ3n) is 5.80. The molecule has 2 amide bonds. The number of rotatable bonds is 6. The molecule has 2 aromatic carbocycles. The van der Waals surface area contributed by atoms with Crippen LogP contribution >= 0.6 is 0 Å². The Labute approximate surface area is 182 Å². The predicted octanol–water partition coefficient (Wildman–Crippen LogP) is 3.42. The van der Waals surface area contributed by atoms with Crippen LogP contribution in [0.4, 0.5) is 15.8 Å². The zero-order valence-corrected chi connectivity index (χ0v) is 17.8. The lowest BCUT2D eigenvalue weighted by atomic mass is 10.0. The molecule has 7 heteroatoms. The molecular weight excluding hydrogens is 397 g/mol. The molecule has 1 unspecified atom stereocenters. The molecule has 1 atom stereocenters. The summed E-state index contributed by atoms with van der Waals surface area (Å²) in [7, 11) is 0. The van der Waals surface area contributed by atoms with Gasteiger partial charge in [0.15, 0.2) is 6.61 Å². The summed E-state index contributed by atoms with van der Waals surface area (Å²) in [4.78, 5) is 28.1. The van der Waals surface area contributed by atoms with Crippen molar-refractivity contribution in [1.82, 2.24) is 5.32 Å². The van der Waals surface area contributed by atoms with Gasteiger partial charge in [-0.1, -0.05) is 12.1 Å². The van der Waals surface area contributed by atoms with Crippen molar-refractivity contribution >= 4 is 23.2 Å². The first-order chi connectivity index (χ1) is 15.0. The summed E-state index contributed by atoms with van der Waals surface area (Å²) in [6.07, 6.45) is 3.16. The summed E-state index contributed by atoms with van der Waals surface area (Å²) in [6, 6.07) is 12.3. The molecular formula is C24H28FN3O3. The molecule has 2 aliphatic heterocycles. The first-order valence-electron chi connectivity index (χ1n) is 10.8. The van der Waals surface area contributed by atoms with Crippen LogP contribution in [0.3, 0.4) is 0 Å². The van der Waals surface area contributed by atoms with Crippen molar-refractivity contribution in [3.63, 3.8) is 0 Å². The largest absolute Gasteiger partial charge is 0.484 e. The molecule has 2 heterocycles. The van der Waals surface area contributed by atoms with Gasteiger partial charge in [0.1, 0.15) is 11.6 Å². The summed E-state index contributed by atoms with van der Waals surface area (Å²) in [5.74, 6) is 0.220. The van der Waals surface area contributed by atoms with Gasteiger partial charge in [-0.3, -0.25) is 9.59 Å². The molecule has 0 saturated carbocycles. The second kappa shape index (κ2) is 9.37. The molecule has 2 fully saturated rings. The van der Waals surface area contributed by atoms with Crippen molar-refractivity contribution in [3.05, 3.63) is 53.8 Å². The Kier molecular flexibility index (Phi) is 6.39. The SMILES string of the molecule is Cc1ccc(F)c(N2CCCC(NC(=O)COc3cccc(N4CCCC4=O)c3)C2)c1. The molecule has 6 nitrogen and oxygen atoms in total. The van der Waals surface area contributed by atoms with Crippen LogP contribution in [-0.4, -0.2) is 44.1 Å². The number of carbonyl (C=O) groups is 2. The number of hydrogen-bond donors (Lipinski definition) is 1. The number of halogens is 1. The van der Waals surface area contributed by atoms with Crippen molar-refractivity contribution in [2.24, 2.45) is 0 Å². The number of piperidine rings is 1. The molecule has 1 N–H and O–H groups in total. The van der Waals surface area contributed by atoms with Gasteiger partial charge in [0, 0.05) is 43.9 Å². The maximum atomic E-state index is 14.2. The van der Waals surface area contributed by atoms with Crippen molar-refractivity contribution < 1.29 is 18.7 Å². The second-order valence-corrected chi connectivity index (χ2v) is 8.24. The van der Waals surface area contributed by atoms with E-state index in [1.165, 1.54) is 6.07 Å². The Morgan fingerprint density at radius 2 is 2.06 bits per heavy atom. The first kappa shape index (κ1) is 21.2. The Balaban J connectivity index is 1.31.